The summed E-state index contributed by atoms with van der Waals surface area (Å²) >= 11 is 0. The number of imidazole rings is 1. The Hall–Kier alpha value is -2.77. The highest BCUT2D eigenvalue weighted by molar-refractivity contribution is 5.92. The van der Waals surface area contributed by atoms with Crippen molar-refractivity contribution in [1.29, 1.82) is 0 Å². The van der Waals surface area contributed by atoms with E-state index < -0.39 is 28.1 Å². The molecule has 1 aromatic carbocycles. The summed E-state index contributed by atoms with van der Waals surface area (Å²) in [5.41, 5.74) is -0.590. The number of hydrogen-bond donors (Lipinski definition) is 1. The minimum Gasteiger partial charge on any atom is -0.478 e. The molecule has 7 nitrogen and oxygen atoms in total. The third-order valence-corrected chi connectivity index (χ3v) is 2.24. The van der Waals surface area contributed by atoms with Crippen molar-refractivity contribution >= 4 is 11.8 Å². The molecule has 0 unspecified atom stereocenters. The molecule has 0 bridgehead atoms. The molecule has 2 rings (SSSR count). The molecule has 18 heavy (non-hydrogen) atoms. The molecular formula is C10H6FN3O4. The number of aromatic carboxylic acids is 1. The van der Waals surface area contributed by atoms with E-state index in [9.17, 15) is 19.3 Å². The highest BCUT2D eigenvalue weighted by Gasteiger charge is 2.19. The number of carboxylic acid groups (broad SMARTS) is 1. The van der Waals surface area contributed by atoms with Crippen LogP contribution in [0.5, 0.6) is 0 Å². The molecule has 0 fully saturated rings. The highest BCUT2D eigenvalue weighted by Crippen LogP contribution is 2.20. The molecule has 1 aromatic heterocycles. The largest absolute Gasteiger partial charge is 0.478 e. The van der Waals surface area contributed by atoms with Gasteiger partial charge in [-0.25, -0.2) is 9.18 Å². The highest BCUT2D eigenvalue weighted by atomic mass is 19.1. The van der Waals surface area contributed by atoms with Crippen LogP contribution in [0.2, 0.25) is 0 Å². The number of nitrogens with zero attached hydrogens (tertiary/aromatic N) is 3. The number of rotatable bonds is 3. The number of halogens is 1. The Morgan fingerprint density at radius 1 is 1.50 bits per heavy atom. The van der Waals surface area contributed by atoms with Gasteiger partial charge in [-0.3, -0.25) is 4.57 Å². The predicted octanol–water partition coefficient (Wildman–Crippen LogP) is 1.62. The van der Waals surface area contributed by atoms with E-state index in [0.29, 0.717) is 0 Å². The van der Waals surface area contributed by atoms with Gasteiger partial charge in [0, 0.05) is 0 Å². The molecule has 2 aromatic rings. The Kier molecular flexibility index (Phi) is 2.76. The molecule has 0 amide bonds. The van der Waals surface area contributed by atoms with E-state index in [2.05, 4.69) is 4.98 Å². The molecule has 0 aliphatic carbocycles. The number of carbonyl (C=O) groups is 1. The smallest absolute Gasteiger partial charge is 0.381 e. The predicted molar refractivity (Wildman–Crippen MR) is 57.1 cm³/mol. The Morgan fingerprint density at radius 3 is 2.78 bits per heavy atom. The lowest BCUT2D eigenvalue weighted by atomic mass is 10.1. The molecule has 0 aliphatic heterocycles. The second kappa shape index (κ2) is 4.24. The fourth-order valence-corrected chi connectivity index (χ4v) is 1.48. The van der Waals surface area contributed by atoms with Crippen LogP contribution in [0, 0.1) is 15.9 Å². The van der Waals surface area contributed by atoms with E-state index in [4.69, 9.17) is 5.11 Å². The first kappa shape index (κ1) is 11.7. The Labute approximate surface area is 99.3 Å². The van der Waals surface area contributed by atoms with Crippen molar-refractivity contribution in [2.75, 3.05) is 0 Å². The summed E-state index contributed by atoms with van der Waals surface area (Å²) in [6, 6.07) is 3.64. The zero-order valence-corrected chi connectivity index (χ0v) is 8.78. The van der Waals surface area contributed by atoms with E-state index in [-0.39, 0.29) is 5.69 Å². The third-order valence-electron chi connectivity index (χ3n) is 2.24. The van der Waals surface area contributed by atoms with Gasteiger partial charge < -0.3 is 15.2 Å². The molecule has 0 aliphatic rings. The van der Waals surface area contributed by atoms with E-state index in [0.717, 1.165) is 23.2 Å². The molecule has 0 atom stereocenters. The van der Waals surface area contributed by atoms with Gasteiger partial charge >= 0.3 is 11.8 Å². The number of aromatic nitrogens is 2. The second-order valence-electron chi connectivity index (χ2n) is 3.34. The zero-order valence-electron chi connectivity index (χ0n) is 8.78. The van der Waals surface area contributed by atoms with Crippen LogP contribution in [-0.4, -0.2) is 25.6 Å². The lowest BCUT2D eigenvalue weighted by Gasteiger charge is -2.05. The number of hydrogen-bond acceptors (Lipinski definition) is 4. The van der Waals surface area contributed by atoms with Crippen LogP contribution in [0.4, 0.5) is 10.2 Å². The quantitative estimate of drug-likeness (QED) is 0.660. The summed E-state index contributed by atoms with van der Waals surface area (Å²) in [7, 11) is 0. The van der Waals surface area contributed by atoms with Crippen molar-refractivity contribution in [3.63, 3.8) is 0 Å². The van der Waals surface area contributed by atoms with Gasteiger partial charge in [-0.1, -0.05) is 6.07 Å². The third kappa shape index (κ3) is 1.90. The van der Waals surface area contributed by atoms with Crippen LogP contribution in [0.25, 0.3) is 5.69 Å². The molecular weight excluding hydrogens is 245 g/mol. The van der Waals surface area contributed by atoms with Gasteiger partial charge in [0.15, 0.2) is 0 Å². The van der Waals surface area contributed by atoms with Crippen LogP contribution in [0.1, 0.15) is 10.4 Å². The minimum absolute atomic E-state index is 0.0249. The van der Waals surface area contributed by atoms with E-state index in [1.165, 1.54) is 12.1 Å². The minimum atomic E-state index is -1.46. The van der Waals surface area contributed by atoms with Gasteiger partial charge in [0.05, 0.1) is 5.69 Å². The lowest BCUT2D eigenvalue weighted by molar-refractivity contribution is -0.389. The first-order chi connectivity index (χ1) is 8.50. The van der Waals surface area contributed by atoms with Gasteiger partial charge in [-0.05, 0) is 22.0 Å². The fourth-order valence-electron chi connectivity index (χ4n) is 1.48. The van der Waals surface area contributed by atoms with Crippen molar-refractivity contribution in [2.24, 2.45) is 0 Å². The number of nitro groups is 1. The van der Waals surface area contributed by atoms with Crippen molar-refractivity contribution in [3.05, 3.63) is 52.2 Å². The molecule has 8 heteroatoms. The van der Waals surface area contributed by atoms with Crippen LogP contribution in [-0.2, 0) is 0 Å². The molecule has 0 radical (unpaired) electrons. The van der Waals surface area contributed by atoms with Crippen molar-refractivity contribution in [2.45, 2.75) is 0 Å². The number of benzene rings is 1. The van der Waals surface area contributed by atoms with Gasteiger partial charge in [0.2, 0.25) is 6.33 Å². The maximum Gasteiger partial charge on any atom is 0.381 e. The average Bonchev–Trinajstić information content (AvgIpc) is 2.77. The number of carboxylic acids is 1. The van der Waals surface area contributed by atoms with Gasteiger partial charge in [0.1, 0.15) is 17.6 Å². The second-order valence-corrected chi connectivity index (χ2v) is 3.34. The first-order valence-electron chi connectivity index (χ1n) is 4.71. The average molecular weight is 251 g/mol. The fraction of sp³-hybridized carbons (Fsp3) is 0. The monoisotopic (exact) mass is 251 g/mol. The summed E-state index contributed by atoms with van der Waals surface area (Å²) < 4.78 is 14.5. The topological polar surface area (TPSA) is 98.3 Å². The Balaban J connectivity index is 2.59. The van der Waals surface area contributed by atoms with Crippen LogP contribution in [0.15, 0.2) is 30.7 Å². The van der Waals surface area contributed by atoms with Crippen LogP contribution in [0.3, 0.4) is 0 Å². The summed E-state index contributed by atoms with van der Waals surface area (Å²) in [5, 5.41) is 19.4. The van der Waals surface area contributed by atoms with Crippen LogP contribution < -0.4 is 0 Å². The molecule has 1 N–H and O–H groups in total. The SMILES string of the molecule is O=C(O)c1c(F)cccc1-n1cnc([N+](=O)[O-])c1. The Bertz CT molecular complexity index is 638. The van der Waals surface area contributed by atoms with E-state index in [1.54, 1.807) is 0 Å². The maximum absolute atomic E-state index is 13.4. The molecule has 0 saturated heterocycles. The molecule has 1 heterocycles. The summed E-state index contributed by atoms with van der Waals surface area (Å²) in [4.78, 5) is 24.2. The Morgan fingerprint density at radius 2 is 2.22 bits per heavy atom. The normalized spacial score (nSPS) is 10.3. The lowest BCUT2D eigenvalue weighted by Crippen LogP contribution is -2.07. The van der Waals surface area contributed by atoms with Crippen LogP contribution >= 0.6 is 0 Å². The van der Waals surface area contributed by atoms with E-state index >= 15 is 0 Å². The van der Waals surface area contributed by atoms with Crippen molar-refractivity contribution in [1.82, 2.24) is 9.55 Å². The molecule has 0 spiro atoms. The van der Waals surface area contributed by atoms with Gasteiger partial charge in [-0.15, -0.1) is 0 Å². The maximum atomic E-state index is 13.4. The molecule has 92 valence electrons. The van der Waals surface area contributed by atoms with Gasteiger partial charge in [0.25, 0.3) is 0 Å². The van der Waals surface area contributed by atoms with E-state index in [1.807, 2.05) is 0 Å². The van der Waals surface area contributed by atoms with Gasteiger partial charge in [-0.2, -0.15) is 0 Å². The first-order valence-corrected chi connectivity index (χ1v) is 4.71. The summed E-state index contributed by atoms with van der Waals surface area (Å²) in [6.07, 6.45) is 2.07. The zero-order chi connectivity index (χ0) is 13.3. The molecule has 0 saturated carbocycles. The standard InChI is InChI=1S/C10H6FN3O4/c11-6-2-1-3-7(9(6)10(15)16)13-4-8(12-5-13)14(17)18/h1-5H,(H,15,16). The van der Waals surface area contributed by atoms with Crippen molar-refractivity contribution < 1.29 is 19.2 Å². The summed E-state index contributed by atoms with van der Waals surface area (Å²) in [6.45, 7) is 0. The van der Waals surface area contributed by atoms with Crippen molar-refractivity contribution in [3.8, 4) is 5.69 Å². The summed E-state index contributed by atoms with van der Waals surface area (Å²) in [5.74, 6) is -2.83.